The van der Waals surface area contributed by atoms with Crippen molar-refractivity contribution < 1.29 is 27.8 Å². The SMILES string of the molecule is Cc1cc(NC(=O)NC(=O)c2cccc(F)c2N2CCOCC2)ccc1Oc1ncc(F)cn1. The molecule has 34 heavy (non-hydrogen) atoms. The summed E-state index contributed by atoms with van der Waals surface area (Å²) in [5, 5.41) is 4.79. The molecular weight excluding hydrogens is 448 g/mol. The number of halogens is 2. The molecule has 1 aliphatic heterocycles. The first-order valence-electron chi connectivity index (χ1n) is 10.4. The van der Waals surface area contributed by atoms with Crippen molar-refractivity contribution in [1.29, 1.82) is 0 Å². The smallest absolute Gasteiger partial charge is 0.326 e. The van der Waals surface area contributed by atoms with Gasteiger partial charge in [-0.1, -0.05) is 6.07 Å². The third-order valence-corrected chi connectivity index (χ3v) is 5.02. The molecule has 2 aromatic carbocycles. The van der Waals surface area contributed by atoms with Crippen molar-refractivity contribution >= 4 is 23.3 Å². The van der Waals surface area contributed by atoms with Gasteiger partial charge in [-0.15, -0.1) is 0 Å². The van der Waals surface area contributed by atoms with E-state index >= 15 is 0 Å². The lowest BCUT2D eigenvalue weighted by atomic mass is 10.1. The van der Waals surface area contributed by atoms with Gasteiger partial charge in [0.15, 0.2) is 5.82 Å². The third kappa shape index (κ3) is 5.44. The van der Waals surface area contributed by atoms with Crippen LogP contribution in [-0.2, 0) is 4.74 Å². The number of morpholine rings is 1. The molecule has 4 rings (SSSR count). The highest BCUT2D eigenvalue weighted by atomic mass is 19.1. The Morgan fingerprint density at radius 1 is 1.09 bits per heavy atom. The highest BCUT2D eigenvalue weighted by Crippen LogP contribution is 2.27. The van der Waals surface area contributed by atoms with E-state index in [2.05, 4.69) is 20.6 Å². The van der Waals surface area contributed by atoms with Crippen molar-refractivity contribution in [1.82, 2.24) is 15.3 Å². The summed E-state index contributed by atoms with van der Waals surface area (Å²) >= 11 is 0. The van der Waals surface area contributed by atoms with Crippen LogP contribution >= 0.6 is 0 Å². The normalized spacial score (nSPS) is 13.3. The monoisotopic (exact) mass is 469 g/mol. The fraction of sp³-hybridized carbons (Fsp3) is 0.217. The lowest BCUT2D eigenvalue weighted by Crippen LogP contribution is -2.40. The van der Waals surface area contributed by atoms with Crippen molar-refractivity contribution in [2.45, 2.75) is 6.92 Å². The van der Waals surface area contributed by atoms with E-state index in [0.717, 1.165) is 12.4 Å². The zero-order chi connectivity index (χ0) is 24.1. The van der Waals surface area contributed by atoms with Crippen molar-refractivity contribution in [3.05, 3.63) is 71.6 Å². The molecule has 0 saturated carbocycles. The van der Waals surface area contributed by atoms with Gasteiger partial charge in [0.2, 0.25) is 0 Å². The van der Waals surface area contributed by atoms with Gasteiger partial charge in [0.25, 0.3) is 5.91 Å². The number of hydrogen-bond acceptors (Lipinski definition) is 7. The van der Waals surface area contributed by atoms with Crippen molar-refractivity contribution in [3.63, 3.8) is 0 Å². The number of benzene rings is 2. The molecule has 9 nitrogen and oxygen atoms in total. The standard InChI is InChI=1S/C23H21F2N5O4/c1-14-11-16(5-6-19(14)34-23-26-12-15(24)13-27-23)28-22(32)29-21(31)17-3-2-4-18(25)20(17)30-7-9-33-10-8-30/h2-6,11-13H,7-10H2,1H3,(H2,28,29,31,32). The van der Waals surface area contributed by atoms with Crippen LogP contribution in [0.3, 0.4) is 0 Å². The van der Waals surface area contributed by atoms with Gasteiger partial charge in [0.1, 0.15) is 11.6 Å². The van der Waals surface area contributed by atoms with E-state index in [1.54, 1.807) is 30.0 Å². The number of para-hydroxylation sites is 1. The Bertz CT molecular complexity index is 1200. The van der Waals surface area contributed by atoms with Crippen LogP contribution in [0.2, 0.25) is 0 Å². The molecule has 1 fully saturated rings. The van der Waals surface area contributed by atoms with Crippen molar-refractivity contribution in [2.24, 2.45) is 0 Å². The number of nitrogens with one attached hydrogen (secondary N) is 2. The van der Waals surface area contributed by atoms with Gasteiger partial charge < -0.3 is 19.7 Å². The van der Waals surface area contributed by atoms with Crippen molar-refractivity contribution in [2.75, 3.05) is 36.5 Å². The van der Waals surface area contributed by atoms with Crippen LogP contribution in [0.1, 0.15) is 15.9 Å². The molecule has 0 bridgehead atoms. The average molecular weight is 469 g/mol. The molecule has 11 heteroatoms. The van der Waals surface area contributed by atoms with E-state index < -0.39 is 23.6 Å². The molecule has 0 atom stereocenters. The number of urea groups is 1. The van der Waals surface area contributed by atoms with E-state index in [0.29, 0.717) is 43.3 Å². The summed E-state index contributed by atoms with van der Waals surface area (Å²) in [7, 11) is 0. The molecule has 2 N–H and O–H groups in total. The van der Waals surface area contributed by atoms with Crippen LogP contribution in [0.15, 0.2) is 48.8 Å². The number of hydrogen-bond donors (Lipinski definition) is 2. The van der Waals surface area contributed by atoms with Gasteiger partial charge >= 0.3 is 12.0 Å². The number of rotatable bonds is 5. The first-order valence-corrected chi connectivity index (χ1v) is 10.4. The first kappa shape index (κ1) is 23.1. The molecule has 176 valence electrons. The molecule has 0 radical (unpaired) electrons. The first-order chi connectivity index (χ1) is 16.4. The fourth-order valence-electron chi connectivity index (χ4n) is 3.43. The van der Waals surface area contributed by atoms with Crippen LogP contribution in [-0.4, -0.2) is 48.2 Å². The molecule has 2 heterocycles. The molecular formula is C23H21F2N5O4. The lowest BCUT2D eigenvalue weighted by molar-refractivity contribution is 0.0965. The number of aromatic nitrogens is 2. The Morgan fingerprint density at radius 3 is 2.53 bits per heavy atom. The predicted molar refractivity (Wildman–Crippen MR) is 119 cm³/mol. The third-order valence-electron chi connectivity index (χ3n) is 5.02. The Labute approximate surface area is 193 Å². The largest absolute Gasteiger partial charge is 0.424 e. The highest BCUT2D eigenvalue weighted by Gasteiger charge is 2.23. The van der Waals surface area contributed by atoms with E-state index in [-0.39, 0.29) is 17.3 Å². The van der Waals surface area contributed by atoms with E-state index in [1.165, 1.54) is 18.2 Å². The van der Waals surface area contributed by atoms with Gasteiger partial charge in [-0.2, -0.15) is 0 Å². The Morgan fingerprint density at radius 2 is 1.82 bits per heavy atom. The summed E-state index contributed by atoms with van der Waals surface area (Å²) in [6.45, 7) is 3.44. The van der Waals surface area contributed by atoms with Gasteiger partial charge in [0.05, 0.1) is 36.9 Å². The molecule has 1 saturated heterocycles. The predicted octanol–water partition coefficient (Wildman–Crippen LogP) is 3.65. The average Bonchev–Trinajstić information content (AvgIpc) is 2.82. The lowest BCUT2D eigenvalue weighted by Gasteiger charge is -2.30. The summed E-state index contributed by atoms with van der Waals surface area (Å²) in [5.41, 5.74) is 1.22. The number of carbonyl (C=O) groups is 2. The van der Waals surface area contributed by atoms with E-state index in [4.69, 9.17) is 9.47 Å². The molecule has 1 aromatic heterocycles. The van der Waals surface area contributed by atoms with Gasteiger partial charge in [-0.05, 0) is 42.8 Å². The number of carbonyl (C=O) groups excluding carboxylic acids is 2. The number of ether oxygens (including phenoxy) is 2. The summed E-state index contributed by atoms with van der Waals surface area (Å²) < 4.78 is 38.3. The topological polar surface area (TPSA) is 106 Å². The van der Waals surface area contributed by atoms with Crippen LogP contribution < -0.4 is 20.3 Å². The van der Waals surface area contributed by atoms with Gasteiger partial charge in [0, 0.05) is 18.8 Å². The second-order valence-corrected chi connectivity index (χ2v) is 7.41. The maximum absolute atomic E-state index is 14.5. The Hall–Kier alpha value is -4.12. The van der Waals surface area contributed by atoms with Crippen molar-refractivity contribution in [3.8, 4) is 11.8 Å². The summed E-state index contributed by atoms with van der Waals surface area (Å²) in [6.07, 6.45) is 1.97. The number of imide groups is 1. The minimum Gasteiger partial charge on any atom is -0.424 e. The number of aryl methyl sites for hydroxylation is 1. The maximum atomic E-state index is 14.5. The molecule has 0 spiro atoms. The van der Waals surface area contributed by atoms with Crippen LogP contribution in [0.25, 0.3) is 0 Å². The quantitative estimate of drug-likeness (QED) is 0.588. The molecule has 1 aliphatic rings. The number of nitrogens with zero attached hydrogens (tertiary/aromatic N) is 3. The maximum Gasteiger partial charge on any atom is 0.326 e. The van der Waals surface area contributed by atoms with Gasteiger partial charge in [-0.3, -0.25) is 10.1 Å². The second kappa shape index (κ2) is 10.2. The molecule has 0 unspecified atom stereocenters. The van der Waals surface area contributed by atoms with Crippen LogP contribution in [0.4, 0.5) is 25.0 Å². The molecule has 0 aliphatic carbocycles. The minimum absolute atomic E-state index is 0.0280. The Kier molecular flexibility index (Phi) is 6.93. The summed E-state index contributed by atoms with van der Waals surface area (Å²) in [5.74, 6) is -1.46. The van der Waals surface area contributed by atoms with E-state index in [1.807, 2.05) is 0 Å². The van der Waals surface area contributed by atoms with Crippen LogP contribution in [0, 0.1) is 18.6 Å². The second-order valence-electron chi connectivity index (χ2n) is 7.41. The van der Waals surface area contributed by atoms with Crippen LogP contribution in [0.5, 0.6) is 11.8 Å². The summed E-state index contributed by atoms with van der Waals surface area (Å²) in [4.78, 5) is 34.4. The molecule has 3 aromatic rings. The minimum atomic E-state index is -0.780. The molecule has 3 amide bonds. The van der Waals surface area contributed by atoms with Gasteiger partial charge in [-0.25, -0.2) is 23.5 Å². The zero-order valence-electron chi connectivity index (χ0n) is 18.2. The highest BCUT2D eigenvalue weighted by molar-refractivity contribution is 6.10. The zero-order valence-corrected chi connectivity index (χ0v) is 18.2. The number of amides is 3. The fourth-order valence-corrected chi connectivity index (χ4v) is 3.43. The summed E-state index contributed by atoms with van der Waals surface area (Å²) in [6, 6.07) is 8.08. The Balaban J connectivity index is 1.42. The number of anilines is 2. The van der Waals surface area contributed by atoms with E-state index in [9.17, 15) is 18.4 Å².